The van der Waals surface area contributed by atoms with Crippen LogP contribution in [0.25, 0.3) is 0 Å². The molecule has 0 aromatic heterocycles. The van der Waals surface area contributed by atoms with Gasteiger partial charge in [-0.05, 0) is 30.8 Å². The van der Waals surface area contributed by atoms with Gasteiger partial charge in [0.05, 0.1) is 0 Å². The molecule has 2 nitrogen and oxygen atoms in total. The fourth-order valence-electron chi connectivity index (χ4n) is 1.57. The molecule has 20 heavy (non-hydrogen) atoms. The number of rotatable bonds is 9. The Hall–Kier alpha value is -1.48. The van der Waals surface area contributed by atoms with Crippen LogP contribution in [0.1, 0.15) is 45.4 Å². The van der Waals surface area contributed by atoms with E-state index >= 15 is 0 Å². The van der Waals surface area contributed by atoms with Crippen molar-refractivity contribution in [3.8, 4) is 23.7 Å². The maximum Gasteiger partial charge on any atom is 0.136 e. The third-order valence-corrected chi connectivity index (χ3v) is 2.76. The normalized spacial score (nSPS) is 12.9. The second kappa shape index (κ2) is 13.9. The minimum atomic E-state index is -0.746. The van der Waals surface area contributed by atoms with Gasteiger partial charge in [0.15, 0.2) is 0 Å². The largest absolute Gasteiger partial charge is 0.377 e. The third kappa shape index (κ3) is 11.6. The summed E-state index contributed by atoms with van der Waals surface area (Å²) in [4.78, 5) is 0. The molecule has 0 spiro atoms. The highest BCUT2D eigenvalue weighted by Gasteiger charge is 1.92. The molecule has 2 heteroatoms. The van der Waals surface area contributed by atoms with Gasteiger partial charge in [-0.25, -0.2) is 0 Å². The van der Waals surface area contributed by atoms with Crippen molar-refractivity contribution >= 4 is 0 Å². The molecule has 0 aromatic carbocycles. The zero-order valence-electron chi connectivity index (χ0n) is 12.7. The average Bonchev–Trinajstić information content (AvgIpc) is 2.46. The summed E-state index contributed by atoms with van der Waals surface area (Å²) in [5.41, 5.74) is 0. The highest BCUT2D eigenvalue weighted by molar-refractivity contribution is 5.31. The van der Waals surface area contributed by atoms with Crippen LogP contribution in [0.4, 0.5) is 0 Å². The lowest BCUT2D eigenvalue weighted by Gasteiger charge is -1.97. The molecule has 0 fully saturated rings. The van der Waals surface area contributed by atoms with Gasteiger partial charge in [-0.1, -0.05) is 63.2 Å². The van der Waals surface area contributed by atoms with E-state index in [1.165, 1.54) is 32.1 Å². The van der Waals surface area contributed by atoms with Crippen LogP contribution in [0, 0.1) is 23.7 Å². The van der Waals surface area contributed by atoms with Crippen LogP contribution in [0.3, 0.4) is 0 Å². The molecule has 0 rings (SSSR count). The molecule has 110 valence electrons. The van der Waals surface area contributed by atoms with Gasteiger partial charge in [-0.2, -0.15) is 0 Å². The fourth-order valence-corrected chi connectivity index (χ4v) is 1.57. The molecule has 1 N–H and O–H groups in total. The van der Waals surface area contributed by atoms with Gasteiger partial charge >= 0.3 is 0 Å². The maximum absolute atomic E-state index is 9.59. The maximum atomic E-state index is 9.59. The molecule has 0 amide bonds. The van der Waals surface area contributed by atoms with Crippen molar-refractivity contribution in [3.63, 3.8) is 0 Å². The second-order valence-corrected chi connectivity index (χ2v) is 4.51. The Kier molecular flexibility index (Phi) is 12.9. The second-order valence-electron chi connectivity index (χ2n) is 4.51. The van der Waals surface area contributed by atoms with Crippen molar-refractivity contribution in [1.29, 1.82) is 0 Å². The Bertz CT molecular complexity index is 387. The first-order valence-corrected chi connectivity index (χ1v) is 7.25. The van der Waals surface area contributed by atoms with E-state index in [1.807, 2.05) is 6.08 Å². The number of allylic oxidation sites excluding steroid dienone is 1. The smallest absolute Gasteiger partial charge is 0.136 e. The average molecular weight is 274 g/mol. The third-order valence-electron chi connectivity index (χ3n) is 2.76. The lowest BCUT2D eigenvalue weighted by molar-refractivity contribution is 0.185. The molecule has 2 atom stereocenters. The summed E-state index contributed by atoms with van der Waals surface area (Å²) in [6.45, 7) is 5.80. The predicted octanol–water partition coefficient (Wildman–Crippen LogP) is 3.47. The number of hydrogen-bond acceptors (Lipinski definition) is 2. The van der Waals surface area contributed by atoms with Crippen molar-refractivity contribution in [3.05, 3.63) is 24.8 Å². The Morgan fingerprint density at radius 3 is 2.50 bits per heavy atom. The van der Waals surface area contributed by atoms with Crippen LogP contribution < -0.4 is 0 Å². The van der Waals surface area contributed by atoms with E-state index in [2.05, 4.69) is 37.2 Å². The number of methoxy groups -OCH3 is 1. The van der Waals surface area contributed by atoms with Gasteiger partial charge in [-0.15, -0.1) is 0 Å². The summed E-state index contributed by atoms with van der Waals surface area (Å²) in [6.07, 6.45) is 11.5. The molecule has 0 aliphatic rings. The van der Waals surface area contributed by atoms with Crippen LogP contribution in [0.2, 0.25) is 0 Å². The SMILES string of the molecule is C=C[C@H](C#CC#C[C@@H](O)/C=C\CCCCCCC)OC. The summed E-state index contributed by atoms with van der Waals surface area (Å²) in [5.74, 6) is 10.7. The zero-order valence-corrected chi connectivity index (χ0v) is 12.7. The lowest BCUT2D eigenvalue weighted by atomic mass is 10.1. The Labute approximate surface area is 123 Å². The van der Waals surface area contributed by atoms with E-state index in [4.69, 9.17) is 4.74 Å². The van der Waals surface area contributed by atoms with Gasteiger partial charge in [-0.3, -0.25) is 0 Å². The lowest BCUT2D eigenvalue weighted by Crippen LogP contribution is -2.01. The first kappa shape index (κ1) is 18.5. The van der Waals surface area contributed by atoms with Gasteiger partial charge in [0.25, 0.3) is 0 Å². The van der Waals surface area contributed by atoms with Crippen LogP contribution in [-0.4, -0.2) is 24.4 Å². The summed E-state index contributed by atoms with van der Waals surface area (Å²) < 4.78 is 4.99. The minimum Gasteiger partial charge on any atom is -0.377 e. The summed E-state index contributed by atoms with van der Waals surface area (Å²) in [6, 6.07) is 0. The first-order chi connectivity index (χ1) is 9.74. The summed E-state index contributed by atoms with van der Waals surface area (Å²) in [5, 5.41) is 9.59. The van der Waals surface area contributed by atoms with Crippen molar-refractivity contribution < 1.29 is 9.84 Å². The van der Waals surface area contributed by atoms with Crippen molar-refractivity contribution in [2.75, 3.05) is 7.11 Å². The molecule has 0 aromatic rings. The number of unbranched alkanes of at least 4 members (excludes halogenated alkanes) is 5. The van der Waals surface area contributed by atoms with Crippen molar-refractivity contribution in [2.24, 2.45) is 0 Å². The quantitative estimate of drug-likeness (QED) is 0.396. The molecule has 0 bridgehead atoms. The number of aliphatic hydroxyl groups is 1. The first-order valence-electron chi connectivity index (χ1n) is 7.25. The van der Waals surface area contributed by atoms with E-state index in [-0.39, 0.29) is 6.10 Å². The molecule has 0 aliphatic heterocycles. The van der Waals surface area contributed by atoms with Crippen LogP contribution in [-0.2, 0) is 4.74 Å². The number of aliphatic hydroxyl groups excluding tert-OH is 1. The molecule has 0 saturated carbocycles. The molecule has 0 heterocycles. The molecule has 0 unspecified atom stereocenters. The Morgan fingerprint density at radius 1 is 1.15 bits per heavy atom. The van der Waals surface area contributed by atoms with Gasteiger partial charge in [0.2, 0.25) is 0 Å². The van der Waals surface area contributed by atoms with E-state index in [0.29, 0.717) is 0 Å². The standard InChI is InChI=1S/C18H26O2/c1-4-6-7-8-9-10-11-14-17(19)15-12-13-16-18(5-2)20-3/h5,11,14,17-19H,2,4,6-10H2,1,3H3/b14-11-/t17-,18+/m0/s1. The van der Waals surface area contributed by atoms with Gasteiger partial charge in [0.1, 0.15) is 12.2 Å². The molecular weight excluding hydrogens is 248 g/mol. The summed E-state index contributed by atoms with van der Waals surface area (Å²) >= 11 is 0. The van der Waals surface area contributed by atoms with Gasteiger partial charge in [0, 0.05) is 7.11 Å². The van der Waals surface area contributed by atoms with Crippen molar-refractivity contribution in [1.82, 2.24) is 0 Å². The minimum absolute atomic E-state index is 0.305. The van der Waals surface area contributed by atoms with E-state index in [1.54, 1.807) is 19.3 Å². The zero-order chi connectivity index (χ0) is 15.1. The predicted molar refractivity (Wildman–Crippen MR) is 85.1 cm³/mol. The van der Waals surface area contributed by atoms with Gasteiger partial charge < -0.3 is 9.84 Å². The molecular formula is C18H26O2. The molecule has 0 saturated heterocycles. The highest BCUT2D eigenvalue weighted by Crippen LogP contribution is 2.05. The molecule has 0 radical (unpaired) electrons. The number of ether oxygens (including phenoxy) is 1. The van der Waals surface area contributed by atoms with Crippen molar-refractivity contribution in [2.45, 2.75) is 57.7 Å². The monoisotopic (exact) mass is 274 g/mol. The van der Waals surface area contributed by atoms with E-state index in [0.717, 1.165) is 6.42 Å². The highest BCUT2D eigenvalue weighted by atomic mass is 16.5. The van der Waals surface area contributed by atoms with E-state index < -0.39 is 6.10 Å². The van der Waals surface area contributed by atoms with E-state index in [9.17, 15) is 5.11 Å². The van der Waals surface area contributed by atoms with Crippen LogP contribution >= 0.6 is 0 Å². The molecule has 0 aliphatic carbocycles. The number of hydrogen-bond donors (Lipinski definition) is 1. The fraction of sp³-hybridized carbons (Fsp3) is 0.556. The Balaban J connectivity index is 3.87. The topological polar surface area (TPSA) is 29.5 Å². The Morgan fingerprint density at radius 2 is 1.85 bits per heavy atom. The van der Waals surface area contributed by atoms with Crippen LogP contribution in [0.15, 0.2) is 24.8 Å². The summed E-state index contributed by atoms with van der Waals surface area (Å²) in [7, 11) is 1.56. The van der Waals surface area contributed by atoms with Crippen LogP contribution in [0.5, 0.6) is 0 Å².